The quantitative estimate of drug-likeness (QED) is 0.309. The zero-order valence-corrected chi connectivity index (χ0v) is 18.2. The van der Waals surface area contributed by atoms with Crippen LogP contribution in [0.5, 0.6) is 0 Å². The third-order valence-electron chi connectivity index (χ3n) is 4.11. The maximum atomic E-state index is 13.9. The second-order valence-corrected chi connectivity index (χ2v) is 7.74. The van der Waals surface area contributed by atoms with E-state index in [0.717, 1.165) is 16.9 Å². The highest BCUT2D eigenvalue weighted by Crippen LogP contribution is 2.41. The molecule has 0 bridgehead atoms. The molecule has 26 heavy (non-hydrogen) atoms. The van der Waals surface area contributed by atoms with Gasteiger partial charge < -0.3 is 15.7 Å². The first-order chi connectivity index (χ1) is 12.1. The van der Waals surface area contributed by atoms with Gasteiger partial charge in [0.25, 0.3) is 0 Å². The summed E-state index contributed by atoms with van der Waals surface area (Å²) in [5, 5.41) is 16.7. The molecule has 0 spiro atoms. The Morgan fingerprint density at radius 2 is 2.15 bits per heavy atom. The van der Waals surface area contributed by atoms with E-state index < -0.39 is 6.10 Å². The van der Waals surface area contributed by atoms with Crippen molar-refractivity contribution in [2.75, 3.05) is 13.1 Å². The molecule has 1 fully saturated rings. The molecule has 1 aliphatic rings. The molecule has 8 heteroatoms. The van der Waals surface area contributed by atoms with Crippen LogP contribution in [-0.2, 0) is 0 Å². The molecule has 142 valence electrons. The molecular formula is C18H22ClFIN3OS. The fourth-order valence-electron chi connectivity index (χ4n) is 2.74. The van der Waals surface area contributed by atoms with Crippen molar-refractivity contribution in [2.24, 2.45) is 4.99 Å². The van der Waals surface area contributed by atoms with Crippen molar-refractivity contribution in [2.45, 2.75) is 31.4 Å². The first-order valence-electron chi connectivity index (χ1n) is 8.31. The first-order valence-corrected chi connectivity index (χ1v) is 9.50. The van der Waals surface area contributed by atoms with Gasteiger partial charge in [-0.3, -0.25) is 4.99 Å². The van der Waals surface area contributed by atoms with Gasteiger partial charge in [-0.2, -0.15) is 0 Å². The lowest BCUT2D eigenvalue weighted by atomic mass is 10.1. The number of thiophene rings is 1. The average Bonchev–Trinajstić information content (AvgIpc) is 3.21. The summed E-state index contributed by atoms with van der Waals surface area (Å²) in [7, 11) is 0. The number of aliphatic hydroxyl groups excluding tert-OH is 1. The summed E-state index contributed by atoms with van der Waals surface area (Å²) in [6, 6.07) is 10.6. The van der Waals surface area contributed by atoms with E-state index in [2.05, 4.69) is 15.6 Å². The lowest BCUT2D eigenvalue weighted by molar-refractivity contribution is 0.191. The molecule has 3 N–H and O–H groups in total. The molecule has 1 saturated carbocycles. The Bertz CT molecular complexity index is 758. The molecule has 0 aliphatic heterocycles. The fraction of sp³-hybridized carbons (Fsp3) is 0.389. The second-order valence-electron chi connectivity index (χ2n) is 5.99. The average molecular weight is 510 g/mol. The van der Waals surface area contributed by atoms with Crippen molar-refractivity contribution in [3.8, 4) is 0 Å². The molecule has 3 atom stereocenters. The SMILES string of the molecule is CCNC(=NCC(O)c1ccc(Cl)s1)NC1CC1c1ccccc1F.I. The smallest absolute Gasteiger partial charge is 0.191 e. The summed E-state index contributed by atoms with van der Waals surface area (Å²) < 4.78 is 14.5. The van der Waals surface area contributed by atoms with E-state index in [1.807, 2.05) is 25.1 Å². The van der Waals surface area contributed by atoms with Crippen LogP contribution in [-0.4, -0.2) is 30.2 Å². The number of rotatable bonds is 6. The Kier molecular flexibility index (Phi) is 8.12. The van der Waals surface area contributed by atoms with Gasteiger partial charge in [-0.05, 0) is 37.1 Å². The number of halogens is 3. The van der Waals surface area contributed by atoms with Crippen molar-refractivity contribution in [3.05, 3.63) is 57.0 Å². The topological polar surface area (TPSA) is 56.7 Å². The van der Waals surface area contributed by atoms with Crippen molar-refractivity contribution in [1.29, 1.82) is 0 Å². The molecule has 0 saturated heterocycles. The summed E-state index contributed by atoms with van der Waals surface area (Å²) in [5.74, 6) is 0.628. The number of aliphatic hydroxyl groups is 1. The van der Waals surface area contributed by atoms with Crippen LogP contribution in [0.1, 0.15) is 35.8 Å². The van der Waals surface area contributed by atoms with Crippen LogP contribution in [0.2, 0.25) is 4.34 Å². The van der Waals surface area contributed by atoms with Crippen LogP contribution in [0.4, 0.5) is 4.39 Å². The van der Waals surface area contributed by atoms with Gasteiger partial charge in [0.1, 0.15) is 11.9 Å². The van der Waals surface area contributed by atoms with Gasteiger partial charge in [0.15, 0.2) is 5.96 Å². The second kappa shape index (κ2) is 9.87. The number of guanidine groups is 1. The van der Waals surface area contributed by atoms with Crippen molar-refractivity contribution in [1.82, 2.24) is 10.6 Å². The Morgan fingerprint density at radius 3 is 2.81 bits per heavy atom. The molecule has 0 radical (unpaired) electrons. The Morgan fingerprint density at radius 1 is 1.38 bits per heavy atom. The van der Waals surface area contributed by atoms with E-state index in [1.54, 1.807) is 12.1 Å². The molecular weight excluding hydrogens is 488 g/mol. The summed E-state index contributed by atoms with van der Waals surface area (Å²) in [5.41, 5.74) is 0.740. The molecule has 2 aromatic rings. The monoisotopic (exact) mass is 509 g/mol. The standard InChI is InChI=1S/C18H21ClFN3OS.HI/c1-2-21-18(22-10-15(24)16-7-8-17(19)25-16)23-14-9-12(14)11-5-3-4-6-13(11)20;/h3-8,12,14-15,24H,2,9-10H2,1H3,(H2,21,22,23);1H. The van der Waals surface area contributed by atoms with Crippen LogP contribution in [0.15, 0.2) is 41.4 Å². The number of benzene rings is 1. The molecule has 1 aromatic heterocycles. The maximum Gasteiger partial charge on any atom is 0.191 e. The Labute approximate surface area is 178 Å². The van der Waals surface area contributed by atoms with Crippen LogP contribution >= 0.6 is 46.9 Å². The number of nitrogens with one attached hydrogen (secondary N) is 2. The minimum Gasteiger partial charge on any atom is -0.386 e. The highest BCUT2D eigenvalue weighted by Gasteiger charge is 2.40. The lowest BCUT2D eigenvalue weighted by Crippen LogP contribution is -2.39. The van der Waals surface area contributed by atoms with Crippen LogP contribution in [0, 0.1) is 5.82 Å². The van der Waals surface area contributed by atoms with Gasteiger partial charge in [-0.1, -0.05) is 29.8 Å². The molecule has 0 amide bonds. The zero-order chi connectivity index (χ0) is 17.8. The fourth-order valence-corrected chi connectivity index (χ4v) is 3.78. The van der Waals surface area contributed by atoms with Gasteiger partial charge in [0, 0.05) is 23.4 Å². The van der Waals surface area contributed by atoms with E-state index in [4.69, 9.17) is 11.6 Å². The normalized spacial score (nSPS) is 20.2. The summed E-state index contributed by atoms with van der Waals surface area (Å²) in [6.45, 7) is 2.93. The zero-order valence-electron chi connectivity index (χ0n) is 14.3. The largest absolute Gasteiger partial charge is 0.386 e. The van der Waals surface area contributed by atoms with Crippen LogP contribution < -0.4 is 10.6 Å². The highest BCUT2D eigenvalue weighted by molar-refractivity contribution is 14.0. The minimum atomic E-state index is -0.686. The number of hydrogen-bond donors (Lipinski definition) is 3. The number of aliphatic imine (C=N–C) groups is 1. The van der Waals surface area contributed by atoms with Gasteiger partial charge in [0.2, 0.25) is 0 Å². The molecule has 1 aliphatic carbocycles. The van der Waals surface area contributed by atoms with Crippen molar-refractivity contribution >= 4 is 52.9 Å². The first kappa shape index (κ1) is 21.4. The van der Waals surface area contributed by atoms with Crippen LogP contribution in [0.3, 0.4) is 0 Å². The van der Waals surface area contributed by atoms with E-state index in [0.29, 0.717) is 16.8 Å². The minimum absolute atomic E-state index is 0. The van der Waals surface area contributed by atoms with Gasteiger partial charge in [-0.25, -0.2) is 4.39 Å². The molecule has 4 nitrogen and oxygen atoms in total. The third kappa shape index (κ3) is 5.55. The van der Waals surface area contributed by atoms with Crippen molar-refractivity contribution < 1.29 is 9.50 Å². The predicted molar refractivity (Wildman–Crippen MR) is 116 cm³/mol. The molecule has 1 heterocycles. The van der Waals surface area contributed by atoms with E-state index >= 15 is 0 Å². The van der Waals surface area contributed by atoms with E-state index in [9.17, 15) is 9.50 Å². The third-order valence-corrected chi connectivity index (χ3v) is 5.44. The number of nitrogens with zero attached hydrogens (tertiary/aromatic N) is 1. The highest BCUT2D eigenvalue weighted by atomic mass is 127. The molecule has 3 unspecified atom stereocenters. The Hall–Kier alpha value is -0.900. The van der Waals surface area contributed by atoms with E-state index in [-0.39, 0.29) is 48.3 Å². The van der Waals surface area contributed by atoms with Gasteiger partial charge in [0.05, 0.1) is 10.9 Å². The van der Waals surface area contributed by atoms with Crippen molar-refractivity contribution in [3.63, 3.8) is 0 Å². The summed E-state index contributed by atoms with van der Waals surface area (Å²) >= 11 is 7.25. The maximum absolute atomic E-state index is 13.9. The number of hydrogen-bond acceptors (Lipinski definition) is 3. The molecule has 1 aromatic carbocycles. The van der Waals surface area contributed by atoms with Gasteiger partial charge >= 0.3 is 0 Å². The summed E-state index contributed by atoms with van der Waals surface area (Å²) in [6.07, 6.45) is 0.184. The predicted octanol–water partition coefficient (Wildman–Crippen LogP) is 4.30. The van der Waals surface area contributed by atoms with Gasteiger partial charge in [-0.15, -0.1) is 35.3 Å². The Balaban J connectivity index is 0.00000243. The van der Waals surface area contributed by atoms with E-state index in [1.165, 1.54) is 17.4 Å². The summed E-state index contributed by atoms with van der Waals surface area (Å²) in [4.78, 5) is 5.24. The molecule has 3 rings (SSSR count). The lowest BCUT2D eigenvalue weighted by Gasteiger charge is -2.13. The van der Waals surface area contributed by atoms with Crippen LogP contribution in [0.25, 0.3) is 0 Å².